The smallest absolute Gasteiger partial charge is 0.242 e. The Labute approximate surface area is 120 Å². The van der Waals surface area contributed by atoms with Crippen LogP contribution in [0.3, 0.4) is 0 Å². The molecule has 1 aliphatic heterocycles. The summed E-state index contributed by atoms with van der Waals surface area (Å²) in [6, 6.07) is 3.46. The number of carbonyl (C=O) groups excluding carboxylic acids is 3. The largest absolute Gasteiger partial charge is 0.467 e. The highest BCUT2D eigenvalue weighted by molar-refractivity contribution is 8.02. The van der Waals surface area contributed by atoms with Gasteiger partial charge in [0.05, 0.1) is 23.3 Å². The molecular formula is C13H16N2O4S. The van der Waals surface area contributed by atoms with Gasteiger partial charge >= 0.3 is 0 Å². The first kappa shape index (κ1) is 14.6. The number of carbonyl (C=O) groups is 3. The van der Waals surface area contributed by atoms with Crippen molar-refractivity contribution in [2.45, 2.75) is 30.9 Å². The van der Waals surface area contributed by atoms with Crippen molar-refractivity contribution >= 4 is 29.5 Å². The Balaban J connectivity index is 1.91. The molecule has 0 aliphatic carbocycles. The second kappa shape index (κ2) is 6.13. The third-order valence-corrected chi connectivity index (χ3v) is 4.20. The first-order valence-corrected chi connectivity index (χ1v) is 7.23. The van der Waals surface area contributed by atoms with Gasteiger partial charge in [0.2, 0.25) is 17.7 Å². The summed E-state index contributed by atoms with van der Waals surface area (Å²) in [5.74, 6) is -0.390. The minimum Gasteiger partial charge on any atom is -0.467 e. The normalized spacial score (nSPS) is 23.0. The maximum atomic E-state index is 11.9. The molecule has 1 saturated heterocycles. The van der Waals surface area contributed by atoms with E-state index >= 15 is 0 Å². The molecule has 7 heteroatoms. The average Bonchev–Trinajstić information content (AvgIpc) is 2.92. The second-order valence-electron chi connectivity index (χ2n) is 4.54. The van der Waals surface area contributed by atoms with E-state index in [1.54, 1.807) is 26.0 Å². The van der Waals surface area contributed by atoms with Gasteiger partial charge in [0.15, 0.2) is 0 Å². The Morgan fingerprint density at radius 3 is 2.55 bits per heavy atom. The lowest BCUT2D eigenvalue weighted by molar-refractivity contribution is -0.147. The molecule has 0 aromatic carbocycles. The molecule has 2 atom stereocenters. The molecule has 3 amide bonds. The first-order valence-electron chi connectivity index (χ1n) is 6.29. The molecule has 1 aliphatic rings. The Kier molecular flexibility index (Phi) is 4.49. The van der Waals surface area contributed by atoms with E-state index in [-0.39, 0.29) is 41.3 Å². The molecular weight excluding hydrogens is 280 g/mol. The third kappa shape index (κ3) is 3.22. The highest BCUT2D eigenvalue weighted by Crippen LogP contribution is 2.26. The van der Waals surface area contributed by atoms with E-state index in [1.165, 1.54) is 18.0 Å². The van der Waals surface area contributed by atoms with Crippen molar-refractivity contribution < 1.29 is 18.8 Å². The monoisotopic (exact) mass is 296 g/mol. The van der Waals surface area contributed by atoms with Gasteiger partial charge in [-0.25, -0.2) is 0 Å². The molecule has 2 rings (SSSR count). The Morgan fingerprint density at radius 1 is 1.35 bits per heavy atom. The quantitative estimate of drug-likeness (QED) is 0.830. The van der Waals surface area contributed by atoms with Gasteiger partial charge in [0, 0.05) is 0 Å². The molecule has 0 saturated carbocycles. The topological polar surface area (TPSA) is 79.6 Å². The zero-order valence-corrected chi connectivity index (χ0v) is 12.1. The van der Waals surface area contributed by atoms with Gasteiger partial charge in [-0.15, -0.1) is 11.8 Å². The summed E-state index contributed by atoms with van der Waals surface area (Å²) < 4.78 is 5.08. The zero-order valence-electron chi connectivity index (χ0n) is 11.3. The highest BCUT2D eigenvalue weighted by atomic mass is 32.2. The number of hydrogen-bond donors (Lipinski definition) is 1. The molecule has 0 radical (unpaired) electrons. The van der Waals surface area contributed by atoms with Gasteiger partial charge in [-0.2, -0.15) is 0 Å². The summed E-state index contributed by atoms with van der Waals surface area (Å²) in [4.78, 5) is 36.7. The molecule has 1 fully saturated rings. The lowest BCUT2D eigenvalue weighted by atomic mass is 10.3. The average molecular weight is 296 g/mol. The van der Waals surface area contributed by atoms with Crippen LogP contribution in [0.5, 0.6) is 0 Å². The van der Waals surface area contributed by atoms with Crippen LogP contribution >= 0.6 is 11.8 Å². The molecule has 108 valence electrons. The molecule has 0 bridgehead atoms. The summed E-state index contributed by atoms with van der Waals surface area (Å²) in [5, 5.41) is 2.01. The van der Waals surface area contributed by atoms with E-state index in [4.69, 9.17) is 4.42 Å². The second-order valence-corrected chi connectivity index (χ2v) is 6.23. The van der Waals surface area contributed by atoms with Crippen molar-refractivity contribution in [3.63, 3.8) is 0 Å². The number of nitrogens with zero attached hydrogens (tertiary/aromatic N) is 1. The molecule has 1 aromatic rings. The van der Waals surface area contributed by atoms with Crippen molar-refractivity contribution in [2.24, 2.45) is 0 Å². The summed E-state index contributed by atoms with van der Waals surface area (Å²) in [6.45, 7) is 3.48. The van der Waals surface area contributed by atoms with Crippen LogP contribution in [0.2, 0.25) is 0 Å². The number of amides is 3. The Morgan fingerprint density at radius 2 is 2.00 bits per heavy atom. The van der Waals surface area contributed by atoms with Crippen LogP contribution in [0, 0.1) is 0 Å². The fourth-order valence-electron chi connectivity index (χ4n) is 1.92. The number of hydrogen-bond acceptors (Lipinski definition) is 5. The maximum absolute atomic E-state index is 11.9. The third-order valence-electron chi connectivity index (χ3n) is 2.98. The van der Waals surface area contributed by atoms with Crippen molar-refractivity contribution in [2.75, 3.05) is 6.54 Å². The number of imide groups is 1. The number of nitrogens with one attached hydrogen (secondary N) is 1. The predicted octanol–water partition coefficient (Wildman–Crippen LogP) is 0.775. The lowest BCUT2D eigenvalue weighted by Crippen LogP contribution is -2.53. The molecule has 6 nitrogen and oxygen atoms in total. The molecule has 2 unspecified atom stereocenters. The summed E-state index contributed by atoms with van der Waals surface area (Å²) in [5.41, 5.74) is 0. The van der Waals surface area contributed by atoms with Gasteiger partial charge in [-0.1, -0.05) is 0 Å². The van der Waals surface area contributed by atoms with Crippen molar-refractivity contribution in [3.05, 3.63) is 24.2 Å². The molecule has 1 aromatic heterocycles. The number of rotatable bonds is 4. The van der Waals surface area contributed by atoms with Crippen LogP contribution in [-0.2, 0) is 20.9 Å². The van der Waals surface area contributed by atoms with Crippen molar-refractivity contribution in [3.8, 4) is 0 Å². The van der Waals surface area contributed by atoms with E-state index in [2.05, 4.69) is 5.32 Å². The van der Waals surface area contributed by atoms with Crippen LogP contribution in [0.1, 0.15) is 19.6 Å². The van der Waals surface area contributed by atoms with E-state index in [1.807, 2.05) is 0 Å². The van der Waals surface area contributed by atoms with Crippen LogP contribution < -0.4 is 5.32 Å². The molecule has 1 N–H and O–H groups in total. The van der Waals surface area contributed by atoms with E-state index in [9.17, 15) is 14.4 Å². The van der Waals surface area contributed by atoms with Crippen LogP contribution in [0.15, 0.2) is 22.8 Å². The molecule has 0 spiro atoms. The van der Waals surface area contributed by atoms with Gasteiger partial charge in [-0.05, 0) is 26.0 Å². The fraction of sp³-hybridized carbons (Fsp3) is 0.462. The van der Waals surface area contributed by atoms with Gasteiger partial charge in [0.25, 0.3) is 0 Å². The van der Waals surface area contributed by atoms with Gasteiger partial charge < -0.3 is 9.73 Å². The zero-order chi connectivity index (χ0) is 14.7. The molecule has 20 heavy (non-hydrogen) atoms. The summed E-state index contributed by atoms with van der Waals surface area (Å²) >= 11 is 1.31. The van der Waals surface area contributed by atoms with E-state index < -0.39 is 0 Å². The van der Waals surface area contributed by atoms with Crippen LogP contribution in [0.4, 0.5) is 0 Å². The number of thioether (sulfide) groups is 1. The van der Waals surface area contributed by atoms with Crippen LogP contribution in [-0.4, -0.2) is 39.7 Å². The van der Waals surface area contributed by atoms with Gasteiger partial charge in [0.1, 0.15) is 12.3 Å². The fourth-order valence-corrected chi connectivity index (χ4v) is 3.02. The van der Waals surface area contributed by atoms with Gasteiger partial charge in [-0.3, -0.25) is 19.3 Å². The van der Waals surface area contributed by atoms with E-state index in [0.717, 1.165) is 4.90 Å². The van der Waals surface area contributed by atoms with Crippen molar-refractivity contribution in [1.82, 2.24) is 10.2 Å². The number of furan rings is 1. The Hall–Kier alpha value is -1.76. The SMILES string of the molecule is CC1SC(C)C(=O)N(CC(=O)NCc2ccco2)C1=O. The molecule has 2 heterocycles. The van der Waals surface area contributed by atoms with E-state index in [0.29, 0.717) is 5.76 Å². The minimum absolute atomic E-state index is 0.238. The summed E-state index contributed by atoms with van der Waals surface area (Å²) in [7, 11) is 0. The standard InChI is InChI=1S/C13H16N2O4S/c1-8-12(17)15(13(18)9(2)20-8)7-11(16)14-6-10-4-3-5-19-10/h3-5,8-9H,6-7H2,1-2H3,(H,14,16). The highest BCUT2D eigenvalue weighted by Gasteiger charge is 2.37. The maximum Gasteiger partial charge on any atom is 0.242 e. The first-order chi connectivity index (χ1) is 9.49. The predicted molar refractivity (Wildman–Crippen MR) is 73.8 cm³/mol. The van der Waals surface area contributed by atoms with Crippen LogP contribution in [0.25, 0.3) is 0 Å². The lowest BCUT2D eigenvalue weighted by Gasteiger charge is -2.31. The van der Waals surface area contributed by atoms with Crippen molar-refractivity contribution in [1.29, 1.82) is 0 Å². The summed E-state index contributed by atoms with van der Waals surface area (Å²) in [6.07, 6.45) is 1.51. The minimum atomic E-state index is -0.380. The Bertz CT molecular complexity index is 494.